The lowest BCUT2D eigenvalue weighted by molar-refractivity contribution is -0.150. The molecule has 0 radical (unpaired) electrons. The van der Waals surface area contributed by atoms with Gasteiger partial charge in [0.2, 0.25) is 5.91 Å². The predicted octanol–water partition coefficient (Wildman–Crippen LogP) is 0.0766. The smallest absolute Gasteiger partial charge is 0.326 e. The topological polar surface area (TPSA) is 78.9 Å². The van der Waals surface area contributed by atoms with Gasteiger partial charge >= 0.3 is 5.97 Å². The summed E-state index contributed by atoms with van der Waals surface area (Å²) in [4.78, 5) is 25.5. The molecule has 3 fully saturated rings. The number of amides is 1. The fourth-order valence-corrected chi connectivity index (χ4v) is 3.96. The van der Waals surface area contributed by atoms with Crippen molar-refractivity contribution in [2.75, 3.05) is 26.3 Å². The van der Waals surface area contributed by atoms with Crippen LogP contribution in [0.15, 0.2) is 0 Å². The minimum absolute atomic E-state index is 0.0196. The van der Waals surface area contributed by atoms with Gasteiger partial charge in [0.15, 0.2) is 0 Å². The Bertz CT molecular complexity index is 395. The number of carbonyl (C=O) groups is 2. The Balaban J connectivity index is 1.65. The van der Waals surface area contributed by atoms with Crippen LogP contribution in [-0.2, 0) is 14.3 Å². The number of carboxylic acid groups (broad SMARTS) is 1. The first kappa shape index (κ1) is 13.8. The maximum Gasteiger partial charge on any atom is 0.326 e. The van der Waals surface area contributed by atoms with E-state index in [9.17, 15) is 14.7 Å². The van der Waals surface area contributed by atoms with E-state index in [2.05, 4.69) is 5.32 Å². The van der Waals surface area contributed by atoms with Gasteiger partial charge in [0.1, 0.15) is 6.04 Å². The molecule has 1 saturated carbocycles. The summed E-state index contributed by atoms with van der Waals surface area (Å²) in [5.74, 6) is -0.349. The van der Waals surface area contributed by atoms with Crippen LogP contribution in [0.4, 0.5) is 0 Å². The highest BCUT2D eigenvalue weighted by molar-refractivity contribution is 5.85. The summed E-state index contributed by atoms with van der Waals surface area (Å²) in [5, 5.41) is 12.7. The number of hydrogen-bond acceptors (Lipinski definition) is 4. The van der Waals surface area contributed by atoms with Gasteiger partial charge in [-0.2, -0.15) is 0 Å². The minimum Gasteiger partial charge on any atom is -0.480 e. The van der Waals surface area contributed by atoms with Gasteiger partial charge in [0.05, 0.1) is 13.2 Å². The van der Waals surface area contributed by atoms with Crippen molar-refractivity contribution in [1.29, 1.82) is 0 Å². The van der Waals surface area contributed by atoms with E-state index in [-0.39, 0.29) is 17.9 Å². The molecule has 1 aliphatic carbocycles. The molecule has 0 aromatic heterocycles. The lowest BCUT2D eigenvalue weighted by Crippen LogP contribution is -2.48. The van der Waals surface area contributed by atoms with E-state index < -0.39 is 12.0 Å². The molecule has 4 unspecified atom stereocenters. The number of nitrogens with zero attached hydrogens (tertiary/aromatic N) is 1. The molecule has 6 heteroatoms. The first-order valence-electron chi connectivity index (χ1n) is 7.50. The molecule has 20 heavy (non-hydrogen) atoms. The van der Waals surface area contributed by atoms with Crippen molar-refractivity contribution in [2.24, 2.45) is 11.8 Å². The van der Waals surface area contributed by atoms with Crippen molar-refractivity contribution < 1.29 is 19.4 Å². The summed E-state index contributed by atoms with van der Waals surface area (Å²) in [7, 11) is 0. The second kappa shape index (κ2) is 5.69. The van der Waals surface area contributed by atoms with Crippen LogP contribution in [0.25, 0.3) is 0 Å². The third-order valence-corrected chi connectivity index (χ3v) is 4.88. The molecule has 3 rings (SSSR count). The Kier molecular flexibility index (Phi) is 3.94. The Labute approximate surface area is 118 Å². The zero-order chi connectivity index (χ0) is 14.1. The van der Waals surface area contributed by atoms with Gasteiger partial charge < -0.3 is 20.1 Å². The quantitative estimate of drug-likeness (QED) is 0.766. The molecule has 2 saturated heterocycles. The van der Waals surface area contributed by atoms with Crippen LogP contribution >= 0.6 is 0 Å². The third kappa shape index (κ3) is 2.54. The SMILES string of the molecule is O=C(O)C1C2CCCC2CN1C(=O)CC1COCCN1. The highest BCUT2D eigenvalue weighted by atomic mass is 16.5. The molecule has 0 aromatic carbocycles. The first-order chi connectivity index (χ1) is 9.66. The van der Waals surface area contributed by atoms with Gasteiger partial charge in [-0.1, -0.05) is 6.42 Å². The van der Waals surface area contributed by atoms with E-state index in [0.717, 1.165) is 25.8 Å². The number of nitrogens with one attached hydrogen (secondary N) is 1. The number of aliphatic carboxylic acids is 1. The normalized spacial score (nSPS) is 36.9. The summed E-state index contributed by atoms with van der Waals surface area (Å²) >= 11 is 0. The first-order valence-corrected chi connectivity index (χ1v) is 7.50. The Morgan fingerprint density at radius 2 is 2.20 bits per heavy atom. The van der Waals surface area contributed by atoms with Crippen LogP contribution < -0.4 is 5.32 Å². The zero-order valence-corrected chi connectivity index (χ0v) is 11.6. The maximum atomic E-state index is 12.4. The molecule has 6 nitrogen and oxygen atoms in total. The highest BCUT2D eigenvalue weighted by Crippen LogP contribution is 2.42. The number of likely N-dealkylation sites (tertiary alicyclic amines) is 1. The van der Waals surface area contributed by atoms with Crippen LogP contribution in [0.1, 0.15) is 25.7 Å². The third-order valence-electron chi connectivity index (χ3n) is 4.88. The van der Waals surface area contributed by atoms with E-state index in [4.69, 9.17) is 4.74 Å². The van der Waals surface area contributed by atoms with E-state index >= 15 is 0 Å². The molecule has 0 bridgehead atoms. The minimum atomic E-state index is -0.847. The van der Waals surface area contributed by atoms with Crippen LogP contribution in [0.3, 0.4) is 0 Å². The van der Waals surface area contributed by atoms with Crippen LogP contribution in [-0.4, -0.2) is 60.3 Å². The molecule has 2 aliphatic heterocycles. The average Bonchev–Trinajstić information content (AvgIpc) is 2.98. The largest absolute Gasteiger partial charge is 0.480 e. The van der Waals surface area contributed by atoms with Crippen molar-refractivity contribution in [3.63, 3.8) is 0 Å². The lowest BCUT2D eigenvalue weighted by atomic mass is 9.94. The van der Waals surface area contributed by atoms with Gasteiger partial charge in [0.25, 0.3) is 0 Å². The average molecular weight is 282 g/mol. The predicted molar refractivity (Wildman–Crippen MR) is 71.2 cm³/mol. The van der Waals surface area contributed by atoms with Crippen molar-refractivity contribution in [3.8, 4) is 0 Å². The van der Waals surface area contributed by atoms with Crippen molar-refractivity contribution in [1.82, 2.24) is 10.2 Å². The summed E-state index contributed by atoms with van der Waals surface area (Å²) in [6.07, 6.45) is 3.43. The number of morpholine rings is 1. The van der Waals surface area contributed by atoms with E-state index in [1.165, 1.54) is 0 Å². The molecular weight excluding hydrogens is 260 g/mol. The van der Waals surface area contributed by atoms with Crippen molar-refractivity contribution in [2.45, 2.75) is 37.8 Å². The zero-order valence-electron chi connectivity index (χ0n) is 11.6. The van der Waals surface area contributed by atoms with Gasteiger partial charge in [-0.05, 0) is 24.7 Å². The van der Waals surface area contributed by atoms with Crippen molar-refractivity contribution >= 4 is 11.9 Å². The van der Waals surface area contributed by atoms with Crippen LogP contribution in [0.5, 0.6) is 0 Å². The number of carbonyl (C=O) groups excluding carboxylic acids is 1. The molecule has 0 aromatic rings. The van der Waals surface area contributed by atoms with Crippen LogP contribution in [0.2, 0.25) is 0 Å². The molecular formula is C14H22N2O4. The Morgan fingerprint density at radius 1 is 1.35 bits per heavy atom. The van der Waals surface area contributed by atoms with Gasteiger partial charge in [-0.25, -0.2) is 4.79 Å². The second-order valence-corrected chi connectivity index (χ2v) is 6.11. The second-order valence-electron chi connectivity index (χ2n) is 6.11. The number of hydrogen-bond donors (Lipinski definition) is 2. The number of carboxylic acids is 1. The van der Waals surface area contributed by atoms with Gasteiger partial charge in [0, 0.05) is 25.6 Å². The fraction of sp³-hybridized carbons (Fsp3) is 0.857. The molecule has 1 amide bonds. The fourth-order valence-electron chi connectivity index (χ4n) is 3.96. The highest BCUT2D eigenvalue weighted by Gasteiger charge is 2.49. The summed E-state index contributed by atoms with van der Waals surface area (Å²) in [6.45, 7) is 2.58. The molecule has 3 aliphatic rings. The van der Waals surface area contributed by atoms with E-state index in [1.807, 2.05) is 0 Å². The Hall–Kier alpha value is -1.14. The molecule has 4 atom stereocenters. The van der Waals surface area contributed by atoms with Gasteiger partial charge in [-0.15, -0.1) is 0 Å². The monoisotopic (exact) mass is 282 g/mol. The molecule has 2 heterocycles. The summed E-state index contributed by atoms with van der Waals surface area (Å²) < 4.78 is 5.34. The Morgan fingerprint density at radius 3 is 2.90 bits per heavy atom. The number of fused-ring (bicyclic) bond motifs is 1. The molecule has 112 valence electrons. The maximum absolute atomic E-state index is 12.4. The number of ether oxygens (including phenoxy) is 1. The van der Waals surface area contributed by atoms with E-state index in [0.29, 0.717) is 32.1 Å². The standard InChI is InChI=1S/C14H22N2O4/c17-12(6-10-8-20-5-4-15-10)16-7-9-2-1-3-11(9)13(16)14(18)19/h9-11,13,15H,1-8H2,(H,18,19). The summed E-state index contributed by atoms with van der Waals surface area (Å²) in [5.41, 5.74) is 0. The lowest BCUT2D eigenvalue weighted by Gasteiger charge is -2.28. The van der Waals surface area contributed by atoms with Crippen molar-refractivity contribution in [3.05, 3.63) is 0 Å². The van der Waals surface area contributed by atoms with Gasteiger partial charge in [-0.3, -0.25) is 4.79 Å². The van der Waals surface area contributed by atoms with Crippen LogP contribution in [0, 0.1) is 11.8 Å². The molecule has 0 spiro atoms. The number of rotatable bonds is 3. The van der Waals surface area contributed by atoms with E-state index in [1.54, 1.807) is 4.90 Å². The molecule has 2 N–H and O–H groups in total. The summed E-state index contributed by atoms with van der Waals surface area (Å²) in [6, 6.07) is -0.592.